The zero-order valence-corrected chi connectivity index (χ0v) is 9.20. The van der Waals surface area contributed by atoms with Crippen molar-refractivity contribution in [1.82, 2.24) is 20.4 Å². The minimum atomic E-state index is 0.734. The van der Waals surface area contributed by atoms with Gasteiger partial charge >= 0.3 is 0 Å². The molecule has 5 nitrogen and oxygen atoms in total. The lowest BCUT2D eigenvalue weighted by molar-refractivity contribution is 0.251. The van der Waals surface area contributed by atoms with Gasteiger partial charge in [0.1, 0.15) is 0 Å². The molecule has 2 rings (SSSR count). The van der Waals surface area contributed by atoms with Crippen LogP contribution in [0.25, 0.3) is 0 Å². The molecule has 0 saturated carbocycles. The summed E-state index contributed by atoms with van der Waals surface area (Å²) in [5.41, 5.74) is 0. The van der Waals surface area contributed by atoms with Gasteiger partial charge in [-0.2, -0.15) is 0 Å². The summed E-state index contributed by atoms with van der Waals surface area (Å²) >= 11 is 0. The van der Waals surface area contributed by atoms with Crippen LogP contribution in [0.5, 0.6) is 0 Å². The highest BCUT2D eigenvalue weighted by molar-refractivity contribution is 4.82. The first-order valence-electron chi connectivity index (χ1n) is 5.63. The number of rotatable bonds is 3. The molecule has 0 bridgehead atoms. The van der Waals surface area contributed by atoms with Gasteiger partial charge in [-0.25, -0.2) is 0 Å². The zero-order chi connectivity index (χ0) is 10.5. The molecular formula is C10H18N4O. The van der Waals surface area contributed by atoms with Gasteiger partial charge in [-0.05, 0) is 19.5 Å². The zero-order valence-electron chi connectivity index (χ0n) is 9.20. The van der Waals surface area contributed by atoms with Crippen LogP contribution in [-0.2, 0) is 13.0 Å². The van der Waals surface area contributed by atoms with Gasteiger partial charge in [0.15, 0.2) is 0 Å². The highest BCUT2D eigenvalue weighted by atomic mass is 16.4. The molecule has 0 amide bonds. The summed E-state index contributed by atoms with van der Waals surface area (Å²) in [7, 11) is 0. The average Bonchev–Trinajstić information content (AvgIpc) is 2.54. The maximum atomic E-state index is 5.49. The minimum Gasteiger partial charge on any atom is -0.424 e. The molecule has 1 aliphatic rings. The van der Waals surface area contributed by atoms with Gasteiger partial charge in [-0.15, -0.1) is 10.2 Å². The molecule has 1 saturated heterocycles. The maximum absolute atomic E-state index is 5.49. The van der Waals surface area contributed by atoms with Gasteiger partial charge < -0.3 is 9.73 Å². The van der Waals surface area contributed by atoms with Crippen LogP contribution in [0.2, 0.25) is 0 Å². The largest absolute Gasteiger partial charge is 0.424 e. The summed E-state index contributed by atoms with van der Waals surface area (Å²) in [4.78, 5) is 2.35. The molecule has 2 heterocycles. The molecule has 0 aliphatic carbocycles. The quantitative estimate of drug-likeness (QED) is 0.784. The monoisotopic (exact) mass is 210 g/mol. The Balaban J connectivity index is 1.89. The summed E-state index contributed by atoms with van der Waals surface area (Å²) < 4.78 is 5.49. The van der Waals surface area contributed by atoms with E-state index >= 15 is 0 Å². The Morgan fingerprint density at radius 1 is 1.27 bits per heavy atom. The lowest BCUT2D eigenvalue weighted by atomic mass is 10.4. The normalized spacial score (nSPS) is 19.0. The highest BCUT2D eigenvalue weighted by Gasteiger charge is 2.12. The second kappa shape index (κ2) is 5.23. The molecule has 1 aliphatic heterocycles. The lowest BCUT2D eigenvalue weighted by Crippen LogP contribution is -2.27. The van der Waals surface area contributed by atoms with Crippen molar-refractivity contribution in [1.29, 1.82) is 0 Å². The second-order valence-corrected chi connectivity index (χ2v) is 3.82. The van der Waals surface area contributed by atoms with Crippen LogP contribution in [0.4, 0.5) is 0 Å². The van der Waals surface area contributed by atoms with Crippen LogP contribution in [0, 0.1) is 0 Å². The fourth-order valence-corrected chi connectivity index (χ4v) is 1.75. The van der Waals surface area contributed by atoms with Crippen LogP contribution in [0.1, 0.15) is 25.1 Å². The average molecular weight is 210 g/mol. The summed E-state index contributed by atoms with van der Waals surface area (Å²) in [6.45, 7) is 7.14. The van der Waals surface area contributed by atoms with Gasteiger partial charge in [0.05, 0.1) is 6.54 Å². The van der Waals surface area contributed by atoms with Crippen LogP contribution in [-0.4, -0.2) is 41.3 Å². The fourth-order valence-electron chi connectivity index (χ4n) is 1.75. The van der Waals surface area contributed by atoms with Gasteiger partial charge in [-0.3, -0.25) is 4.90 Å². The predicted octanol–water partition coefficient (Wildman–Crippen LogP) is 0.427. The Kier molecular flexibility index (Phi) is 3.69. The molecule has 0 aromatic carbocycles. The molecule has 1 N–H and O–H groups in total. The second-order valence-electron chi connectivity index (χ2n) is 3.82. The molecule has 1 aromatic rings. The molecule has 0 unspecified atom stereocenters. The van der Waals surface area contributed by atoms with Crippen molar-refractivity contribution in [3.05, 3.63) is 11.8 Å². The number of hydrogen-bond acceptors (Lipinski definition) is 5. The third-order valence-corrected chi connectivity index (χ3v) is 2.60. The summed E-state index contributed by atoms with van der Waals surface area (Å²) in [5, 5.41) is 11.4. The van der Waals surface area contributed by atoms with Crippen molar-refractivity contribution in [2.45, 2.75) is 26.3 Å². The predicted molar refractivity (Wildman–Crippen MR) is 56.4 cm³/mol. The molecule has 5 heteroatoms. The van der Waals surface area contributed by atoms with Crippen molar-refractivity contribution < 1.29 is 4.42 Å². The van der Waals surface area contributed by atoms with E-state index in [1.807, 2.05) is 6.92 Å². The molecule has 1 fully saturated rings. The summed E-state index contributed by atoms with van der Waals surface area (Å²) in [5.74, 6) is 1.48. The molecule has 0 spiro atoms. The van der Waals surface area contributed by atoms with Gasteiger partial charge in [0.25, 0.3) is 0 Å². The lowest BCUT2D eigenvalue weighted by Gasteiger charge is -2.16. The van der Waals surface area contributed by atoms with E-state index in [1.165, 1.54) is 6.42 Å². The van der Waals surface area contributed by atoms with Crippen LogP contribution < -0.4 is 5.32 Å². The molecule has 0 atom stereocenters. The third-order valence-electron chi connectivity index (χ3n) is 2.60. The number of hydrogen-bond donors (Lipinski definition) is 1. The highest BCUT2D eigenvalue weighted by Crippen LogP contribution is 2.05. The SMILES string of the molecule is CCc1nnc(CN2CCCNCC2)o1. The molecule has 0 radical (unpaired) electrons. The fraction of sp³-hybridized carbons (Fsp3) is 0.800. The van der Waals surface area contributed by atoms with E-state index in [-0.39, 0.29) is 0 Å². The number of aromatic nitrogens is 2. The first-order valence-corrected chi connectivity index (χ1v) is 5.63. The van der Waals surface area contributed by atoms with Gasteiger partial charge in [0, 0.05) is 19.5 Å². The van der Waals surface area contributed by atoms with Crippen molar-refractivity contribution in [2.24, 2.45) is 0 Å². The smallest absolute Gasteiger partial charge is 0.230 e. The summed E-state index contributed by atoms with van der Waals surface area (Å²) in [6.07, 6.45) is 2.00. The van der Waals surface area contributed by atoms with E-state index in [1.54, 1.807) is 0 Å². The van der Waals surface area contributed by atoms with E-state index in [4.69, 9.17) is 4.42 Å². The standard InChI is InChI=1S/C10H18N4O/c1-2-9-12-13-10(15-9)8-14-6-3-4-11-5-7-14/h11H,2-8H2,1H3. The first kappa shape index (κ1) is 10.6. The Hall–Kier alpha value is -0.940. The van der Waals surface area contributed by atoms with E-state index in [0.717, 1.165) is 50.9 Å². The Morgan fingerprint density at radius 2 is 2.13 bits per heavy atom. The first-order chi connectivity index (χ1) is 7.38. The van der Waals surface area contributed by atoms with Gasteiger partial charge in [-0.1, -0.05) is 6.92 Å². The van der Waals surface area contributed by atoms with E-state index in [9.17, 15) is 0 Å². The van der Waals surface area contributed by atoms with Crippen LogP contribution >= 0.6 is 0 Å². The molecule has 1 aromatic heterocycles. The molecular weight excluding hydrogens is 192 g/mol. The van der Waals surface area contributed by atoms with Crippen molar-refractivity contribution in [2.75, 3.05) is 26.2 Å². The number of nitrogens with zero attached hydrogens (tertiary/aromatic N) is 3. The summed E-state index contributed by atoms with van der Waals surface area (Å²) in [6, 6.07) is 0. The Labute approximate surface area is 89.9 Å². The number of aryl methyl sites for hydroxylation is 1. The van der Waals surface area contributed by atoms with Crippen molar-refractivity contribution in [3.63, 3.8) is 0 Å². The number of nitrogens with one attached hydrogen (secondary N) is 1. The van der Waals surface area contributed by atoms with Crippen LogP contribution in [0.15, 0.2) is 4.42 Å². The molecule has 84 valence electrons. The Bertz CT molecular complexity index is 291. The van der Waals surface area contributed by atoms with Crippen molar-refractivity contribution >= 4 is 0 Å². The van der Waals surface area contributed by atoms with Gasteiger partial charge in [0.2, 0.25) is 11.8 Å². The Morgan fingerprint density at radius 3 is 2.93 bits per heavy atom. The van der Waals surface area contributed by atoms with Crippen molar-refractivity contribution in [3.8, 4) is 0 Å². The van der Waals surface area contributed by atoms with Crippen LogP contribution in [0.3, 0.4) is 0 Å². The van der Waals surface area contributed by atoms with E-state index < -0.39 is 0 Å². The molecule has 15 heavy (non-hydrogen) atoms. The minimum absolute atomic E-state index is 0.734. The maximum Gasteiger partial charge on any atom is 0.230 e. The van der Waals surface area contributed by atoms with E-state index in [2.05, 4.69) is 20.4 Å². The topological polar surface area (TPSA) is 54.2 Å². The third kappa shape index (κ3) is 3.00. The van der Waals surface area contributed by atoms with E-state index in [0.29, 0.717) is 0 Å².